The zero-order chi connectivity index (χ0) is 18.1. The van der Waals surface area contributed by atoms with Crippen LogP contribution in [0.5, 0.6) is 0 Å². The summed E-state index contributed by atoms with van der Waals surface area (Å²) in [5, 5.41) is 0. The first-order valence-electron chi connectivity index (χ1n) is 7.39. The number of hydrogen-bond acceptors (Lipinski definition) is 7. The second kappa shape index (κ2) is 11.4. The van der Waals surface area contributed by atoms with E-state index < -0.39 is 0 Å². The quantitative estimate of drug-likeness (QED) is 0.319. The van der Waals surface area contributed by atoms with E-state index in [1.807, 2.05) is 45.9 Å². The van der Waals surface area contributed by atoms with Crippen LogP contribution in [0.25, 0.3) is 0 Å². The lowest BCUT2D eigenvalue weighted by atomic mass is 10.1. The molecule has 2 unspecified atom stereocenters. The molecule has 0 radical (unpaired) electrons. The molecule has 0 fully saturated rings. The van der Waals surface area contributed by atoms with Crippen LogP contribution < -0.4 is 0 Å². The fraction of sp³-hybridized carbons (Fsp3) is 0.438. The zero-order valence-corrected chi connectivity index (χ0v) is 18.2. The van der Waals surface area contributed by atoms with Crippen molar-refractivity contribution >= 4 is 69.9 Å². The zero-order valence-electron chi connectivity index (χ0n) is 14.0. The van der Waals surface area contributed by atoms with Gasteiger partial charge in [0.2, 0.25) is 8.77 Å². The van der Waals surface area contributed by atoms with Crippen LogP contribution in [-0.4, -0.2) is 31.7 Å². The van der Waals surface area contributed by atoms with Crippen molar-refractivity contribution in [2.24, 2.45) is 0 Å². The summed E-state index contributed by atoms with van der Waals surface area (Å²) in [5.41, 5.74) is 0.658. The summed E-state index contributed by atoms with van der Waals surface area (Å²) < 4.78 is 11.8. The molecule has 1 aromatic carbocycles. The van der Waals surface area contributed by atoms with Crippen LogP contribution in [0.1, 0.15) is 38.1 Å². The van der Waals surface area contributed by atoms with Gasteiger partial charge >= 0.3 is 0 Å². The summed E-state index contributed by atoms with van der Waals surface area (Å²) in [6, 6.07) is 9.19. The SMILES string of the molecule is CC(C)OC(=S)SPC(SC(=S)OC(C)C)C(=O)c1ccccc1. The molecule has 3 nitrogen and oxygen atoms in total. The highest BCUT2D eigenvalue weighted by molar-refractivity contribution is 8.62. The number of Topliss-reactive ketones (excluding diaryl/α,β-unsaturated/α-hetero) is 1. The fourth-order valence-corrected chi connectivity index (χ4v) is 6.74. The minimum Gasteiger partial charge on any atom is -0.476 e. The molecule has 0 aliphatic carbocycles. The highest BCUT2D eigenvalue weighted by atomic mass is 32.7. The van der Waals surface area contributed by atoms with E-state index in [2.05, 4.69) is 0 Å². The smallest absolute Gasteiger partial charge is 0.224 e. The van der Waals surface area contributed by atoms with Crippen LogP contribution in [0.4, 0.5) is 0 Å². The van der Waals surface area contributed by atoms with E-state index in [-0.39, 0.29) is 30.8 Å². The standard InChI is InChI=1S/C16H21O3PS4/c1-10(2)18-15(21)23-14(20-24-16(22)19-11(3)4)13(17)12-8-6-5-7-9-12/h5-11,14,20H,1-4H3. The van der Waals surface area contributed by atoms with Gasteiger partial charge in [0.05, 0.1) is 12.2 Å². The Bertz CT molecular complexity index is 564. The van der Waals surface area contributed by atoms with Gasteiger partial charge in [0, 0.05) is 5.56 Å². The van der Waals surface area contributed by atoms with Gasteiger partial charge in [-0.25, -0.2) is 0 Å². The number of carbonyl (C=O) groups excluding carboxylic acids is 1. The van der Waals surface area contributed by atoms with Gasteiger partial charge in [0.25, 0.3) is 0 Å². The van der Waals surface area contributed by atoms with Gasteiger partial charge in [-0.2, -0.15) is 0 Å². The molecule has 24 heavy (non-hydrogen) atoms. The average molecular weight is 421 g/mol. The summed E-state index contributed by atoms with van der Waals surface area (Å²) >= 11 is 13.1. The minimum atomic E-state index is -0.350. The van der Waals surface area contributed by atoms with E-state index in [0.29, 0.717) is 14.3 Å². The Kier molecular flexibility index (Phi) is 10.4. The monoisotopic (exact) mass is 420 g/mol. The number of rotatable bonds is 7. The van der Waals surface area contributed by atoms with Gasteiger partial charge in [-0.3, -0.25) is 4.79 Å². The van der Waals surface area contributed by atoms with E-state index in [0.717, 1.165) is 0 Å². The molecule has 1 aromatic rings. The van der Waals surface area contributed by atoms with Crippen molar-refractivity contribution in [1.29, 1.82) is 0 Å². The maximum absolute atomic E-state index is 12.8. The number of ether oxygens (including phenoxy) is 2. The molecule has 0 N–H and O–H groups in total. The van der Waals surface area contributed by atoms with Gasteiger partial charge in [-0.1, -0.05) is 53.5 Å². The van der Waals surface area contributed by atoms with Gasteiger partial charge in [-0.15, -0.1) is 0 Å². The molecule has 0 aromatic heterocycles. The molecular weight excluding hydrogens is 399 g/mol. The highest BCUT2D eigenvalue weighted by Crippen LogP contribution is 2.44. The van der Waals surface area contributed by atoms with E-state index in [4.69, 9.17) is 33.9 Å². The van der Waals surface area contributed by atoms with Crippen molar-refractivity contribution in [1.82, 2.24) is 0 Å². The van der Waals surface area contributed by atoms with E-state index in [1.54, 1.807) is 12.1 Å². The predicted octanol–water partition coefficient (Wildman–Crippen LogP) is 5.68. The van der Waals surface area contributed by atoms with Gasteiger partial charge in [-0.05, 0) is 59.9 Å². The van der Waals surface area contributed by atoms with Crippen LogP contribution in [0.15, 0.2) is 30.3 Å². The molecule has 2 atom stereocenters. The van der Waals surface area contributed by atoms with Crippen molar-refractivity contribution in [2.75, 3.05) is 0 Å². The largest absolute Gasteiger partial charge is 0.476 e. The second-order valence-electron chi connectivity index (χ2n) is 5.28. The third-order valence-corrected chi connectivity index (χ3v) is 7.97. The highest BCUT2D eigenvalue weighted by Gasteiger charge is 2.24. The Hall–Kier alpha value is -0.200. The summed E-state index contributed by atoms with van der Waals surface area (Å²) in [4.78, 5) is 12.4. The fourth-order valence-electron chi connectivity index (χ4n) is 1.52. The van der Waals surface area contributed by atoms with Gasteiger partial charge < -0.3 is 9.47 Å². The summed E-state index contributed by atoms with van der Waals surface area (Å²) in [6.07, 6.45) is 0.00916. The third kappa shape index (κ3) is 8.77. The molecule has 132 valence electrons. The van der Waals surface area contributed by atoms with E-state index >= 15 is 0 Å². The lowest BCUT2D eigenvalue weighted by molar-refractivity contribution is 0.101. The van der Waals surface area contributed by atoms with Gasteiger partial charge in [0.1, 0.15) is 4.99 Å². The third-order valence-electron chi connectivity index (χ3n) is 2.42. The first-order valence-corrected chi connectivity index (χ1v) is 11.7. The van der Waals surface area contributed by atoms with Crippen LogP contribution in [0.3, 0.4) is 0 Å². The van der Waals surface area contributed by atoms with Crippen molar-refractivity contribution in [2.45, 2.75) is 44.9 Å². The topological polar surface area (TPSA) is 35.5 Å². The molecule has 0 amide bonds. The minimum absolute atomic E-state index is 0.0150. The molecule has 1 rings (SSSR count). The molecule has 0 heterocycles. The van der Waals surface area contributed by atoms with Crippen molar-refractivity contribution in [3.8, 4) is 0 Å². The normalized spacial score (nSPS) is 12.6. The summed E-state index contributed by atoms with van der Waals surface area (Å²) in [5.74, 6) is 0.0217. The molecule has 8 heteroatoms. The van der Waals surface area contributed by atoms with Crippen LogP contribution in [0.2, 0.25) is 0 Å². The van der Waals surface area contributed by atoms with Gasteiger partial charge in [0.15, 0.2) is 5.78 Å². The molecule has 0 aliphatic rings. The number of thioether (sulfide) groups is 1. The second-order valence-corrected chi connectivity index (χ2v) is 10.7. The average Bonchev–Trinajstić information content (AvgIpc) is 2.50. The molecular formula is C16H21O3PS4. The number of thiocarbonyl (C=S) groups is 2. The lowest BCUT2D eigenvalue weighted by Gasteiger charge is -2.18. The Morgan fingerprint density at radius 3 is 2.08 bits per heavy atom. The molecule has 0 saturated heterocycles. The number of carbonyl (C=O) groups is 1. The summed E-state index contributed by atoms with van der Waals surface area (Å²) in [7, 11) is 0.195. The van der Waals surface area contributed by atoms with Crippen LogP contribution in [-0.2, 0) is 9.47 Å². The van der Waals surface area contributed by atoms with Crippen molar-refractivity contribution < 1.29 is 14.3 Å². The molecule has 0 saturated carbocycles. The van der Waals surface area contributed by atoms with E-state index in [1.165, 1.54) is 23.1 Å². The Labute approximate surface area is 164 Å². The van der Waals surface area contributed by atoms with Crippen LogP contribution in [0, 0.1) is 0 Å². The van der Waals surface area contributed by atoms with Crippen molar-refractivity contribution in [3.63, 3.8) is 0 Å². The number of benzene rings is 1. The maximum atomic E-state index is 12.8. The predicted molar refractivity (Wildman–Crippen MR) is 116 cm³/mol. The number of hydrogen-bond donors (Lipinski definition) is 0. The molecule has 0 spiro atoms. The first-order chi connectivity index (χ1) is 11.3. The molecule has 0 bridgehead atoms. The van der Waals surface area contributed by atoms with Crippen molar-refractivity contribution in [3.05, 3.63) is 35.9 Å². The Morgan fingerprint density at radius 1 is 1.00 bits per heavy atom. The van der Waals surface area contributed by atoms with E-state index in [9.17, 15) is 4.79 Å². The lowest BCUT2D eigenvalue weighted by Crippen LogP contribution is -2.17. The Balaban J connectivity index is 2.77. The number of ketones is 1. The Morgan fingerprint density at radius 2 is 1.54 bits per heavy atom. The first kappa shape index (κ1) is 21.8. The van der Waals surface area contributed by atoms with Crippen LogP contribution >= 0.6 is 55.4 Å². The summed E-state index contributed by atoms with van der Waals surface area (Å²) in [6.45, 7) is 7.65. The molecule has 0 aliphatic heterocycles. The maximum Gasteiger partial charge on any atom is 0.224 e.